The molecule has 0 aromatic carbocycles. The van der Waals surface area contributed by atoms with Crippen molar-refractivity contribution in [1.29, 1.82) is 0 Å². The predicted molar refractivity (Wildman–Crippen MR) is 130 cm³/mol. The van der Waals surface area contributed by atoms with Crippen LogP contribution in [0.4, 0.5) is 0 Å². The molecule has 192 valence electrons. The molecule has 2 N–H and O–H groups in total. The smallest absolute Gasteiger partial charge is 0.345 e. The zero-order chi connectivity index (χ0) is 25.5. The molecule has 0 bridgehead atoms. The van der Waals surface area contributed by atoms with Crippen molar-refractivity contribution in [3.63, 3.8) is 0 Å². The minimum Gasteiger partial charge on any atom is -0.484 e. The van der Waals surface area contributed by atoms with Gasteiger partial charge < -0.3 is 28.8 Å². The van der Waals surface area contributed by atoms with Crippen molar-refractivity contribution in [1.82, 2.24) is 4.98 Å². The van der Waals surface area contributed by atoms with Crippen molar-refractivity contribution in [3.8, 4) is 17.1 Å². The second kappa shape index (κ2) is 7.99. The van der Waals surface area contributed by atoms with E-state index in [4.69, 9.17) is 18.6 Å². The van der Waals surface area contributed by atoms with Gasteiger partial charge in [0.25, 0.3) is 0 Å². The summed E-state index contributed by atoms with van der Waals surface area (Å²) in [6.45, 7) is 10.4. The number of fused-ring (bicyclic) bond motifs is 6. The van der Waals surface area contributed by atoms with Crippen LogP contribution in [0.2, 0.25) is 0 Å². The molecule has 2 aliphatic heterocycles. The highest BCUT2D eigenvalue weighted by atomic mass is 16.7. The fraction of sp³-hybridized carbons (Fsp3) is 0.571. The standard InChI is InChI=1S/C28H33NO7/c1-5-21-33-14-27(3)18-12-19(30)28(4)24(26(18,2)9-8-20(27)35-21)23(31)22-17(36-28)11-16(34-25(22)32)15-7-6-10-29-13-15/h5-7,10-11,13,18-21,23-24,30-31H,1,8-9,12,14H2,2-4H3/t18-,19+,20+,21-,23+,24-,26+,27+,28-/m1/s1. The topological polar surface area (TPSA) is 111 Å². The number of ether oxygens (including phenoxy) is 3. The van der Waals surface area contributed by atoms with E-state index in [0.717, 1.165) is 12.8 Å². The van der Waals surface area contributed by atoms with Crippen LogP contribution >= 0.6 is 0 Å². The van der Waals surface area contributed by atoms with Gasteiger partial charge in [-0.2, -0.15) is 0 Å². The molecule has 9 atom stereocenters. The molecule has 4 heterocycles. The molecule has 2 aromatic heterocycles. The maximum Gasteiger partial charge on any atom is 0.345 e. The summed E-state index contributed by atoms with van der Waals surface area (Å²) in [4.78, 5) is 17.3. The number of aromatic nitrogens is 1. The van der Waals surface area contributed by atoms with Gasteiger partial charge in [-0.15, -0.1) is 0 Å². The van der Waals surface area contributed by atoms with Crippen LogP contribution in [0.3, 0.4) is 0 Å². The van der Waals surface area contributed by atoms with Gasteiger partial charge in [0.05, 0.1) is 24.9 Å². The summed E-state index contributed by atoms with van der Waals surface area (Å²) in [6.07, 6.45) is 4.37. The first-order valence-electron chi connectivity index (χ1n) is 12.6. The maximum atomic E-state index is 13.2. The first-order chi connectivity index (χ1) is 17.1. The highest BCUT2D eigenvalue weighted by Crippen LogP contribution is 2.67. The van der Waals surface area contributed by atoms with Crippen LogP contribution in [0.1, 0.15) is 51.7 Å². The Labute approximate surface area is 209 Å². The normalized spacial score (nSPS) is 43.2. The molecule has 0 unspecified atom stereocenters. The van der Waals surface area contributed by atoms with Gasteiger partial charge >= 0.3 is 5.63 Å². The zero-order valence-electron chi connectivity index (χ0n) is 20.8. The molecule has 3 fully saturated rings. The van der Waals surface area contributed by atoms with E-state index >= 15 is 0 Å². The van der Waals surface area contributed by atoms with Gasteiger partial charge in [0, 0.05) is 35.4 Å². The number of aliphatic hydroxyl groups is 2. The van der Waals surface area contributed by atoms with E-state index in [-0.39, 0.29) is 28.7 Å². The summed E-state index contributed by atoms with van der Waals surface area (Å²) in [5.74, 6) is -0.00955. The molecule has 2 aliphatic carbocycles. The van der Waals surface area contributed by atoms with Crippen molar-refractivity contribution < 1.29 is 28.8 Å². The molecule has 6 rings (SSSR count). The third-order valence-corrected chi connectivity index (χ3v) is 9.61. The molecule has 0 radical (unpaired) electrons. The largest absolute Gasteiger partial charge is 0.484 e. The van der Waals surface area contributed by atoms with Crippen LogP contribution in [0.5, 0.6) is 5.75 Å². The lowest BCUT2D eigenvalue weighted by atomic mass is 9.42. The lowest BCUT2D eigenvalue weighted by Crippen LogP contribution is -2.71. The minimum absolute atomic E-state index is 0.0240. The van der Waals surface area contributed by atoms with Gasteiger partial charge in [-0.05, 0) is 55.7 Å². The van der Waals surface area contributed by atoms with E-state index in [9.17, 15) is 15.0 Å². The van der Waals surface area contributed by atoms with E-state index in [1.165, 1.54) is 0 Å². The van der Waals surface area contributed by atoms with E-state index < -0.39 is 41.1 Å². The van der Waals surface area contributed by atoms with Gasteiger partial charge in [-0.25, -0.2) is 4.79 Å². The van der Waals surface area contributed by atoms with Gasteiger partial charge in [0.1, 0.15) is 22.7 Å². The Kier molecular flexibility index (Phi) is 5.29. The number of hydrogen-bond acceptors (Lipinski definition) is 8. The summed E-state index contributed by atoms with van der Waals surface area (Å²) in [5, 5.41) is 23.4. The van der Waals surface area contributed by atoms with E-state index in [1.807, 2.05) is 6.92 Å². The summed E-state index contributed by atoms with van der Waals surface area (Å²) < 4.78 is 24.3. The lowest BCUT2D eigenvalue weighted by Gasteiger charge is -2.67. The quantitative estimate of drug-likeness (QED) is 0.608. The van der Waals surface area contributed by atoms with Crippen molar-refractivity contribution >= 4 is 0 Å². The number of nitrogens with zero attached hydrogens (tertiary/aromatic N) is 1. The maximum absolute atomic E-state index is 13.2. The summed E-state index contributed by atoms with van der Waals surface area (Å²) in [5.41, 5.74) is -1.82. The molecule has 8 heteroatoms. The lowest BCUT2D eigenvalue weighted by molar-refractivity contribution is -0.317. The molecule has 4 aliphatic rings. The first-order valence-corrected chi connectivity index (χ1v) is 12.6. The Morgan fingerprint density at radius 1 is 1.22 bits per heavy atom. The SMILES string of the molecule is C=C[C@@H]1OC[C@@]2(C)[C@@H]3C[C@H](O)[C@@]4(C)Oc5cc(-c6cccnc6)oc(=O)c5[C@H](O)[C@@H]4[C@@]3(C)CC[C@@H]2O1. The van der Waals surface area contributed by atoms with Crippen LogP contribution in [0.25, 0.3) is 11.3 Å². The highest BCUT2D eigenvalue weighted by Gasteiger charge is 2.69. The number of rotatable bonds is 2. The van der Waals surface area contributed by atoms with Crippen LogP contribution in [-0.2, 0) is 9.47 Å². The summed E-state index contributed by atoms with van der Waals surface area (Å²) >= 11 is 0. The third kappa shape index (κ3) is 3.14. The average molecular weight is 496 g/mol. The Hall–Kier alpha value is -2.52. The molecular formula is C28H33NO7. The number of hydrogen-bond donors (Lipinski definition) is 2. The Bertz CT molecular complexity index is 1250. The first kappa shape index (κ1) is 23.9. The molecular weight excluding hydrogens is 462 g/mol. The Balaban J connectivity index is 1.44. The fourth-order valence-electron chi connectivity index (χ4n) is 7.85. The van der Waals surface area contributed by atoms with E-state index in [2.05, 4.69) is 25.4 Å². The summed E-state index contributed by atoms with van der Waals surface area (Å²) in [7, 11) is 0. The van der Waals surface area contributed by atoms with Crippen molar-refractivity contribution in [2.24, 2.45) is 22.7 Å². The number of pyridine rings is 1. The molecule has 36 heavy (non-hydrogen) atoms. The highest BCUT2D eigenvalue weighted by molar-refractivity contribution is 5.59. The third-order valence-electron chi connectivity index (χ3n) is 9.61. The van der Waals surface area contributed by atoms with Gasteiger partial charge in [0.15, 0.2) is 6.29 Å². The molecule has 1 saturated heterocycles. The molecule has 2 aromatic rings. The van der Waals surface area contributed by atoms with Gasteiger partial charge in [0.2, 0.25) is 0 Å². The monoisotopic (exact) mass is 495 g/mol. The van der Waals surface area contributed by atoms with Crippen LogP contribution in [0.15, 0.2) is 52.5 Å². The van der Waals surface area contributed by atoms with Crippen LogP contribution in [0, 0.1) is 22.7 Å². The molecule has 2 saturated carbocycles. The zero-order valence-corrected chi connectivity index (χ0v) is 20.8. The second-order valence-corrected chi connectivity index (χ2v) is 11.5. The fourth-order valence-corrected chi connectivity index (χ4v) is 7.85. The van der Waals surface area contributed by atoms with E-state index in [1.54, 1.807) is 36.7 Å². The second-order valence-electron chi connectivity index (χ2n) is 11.5. The van der Waals surface area contributed by atoms with E-state index in [0.29, 0.717) is 24.4 Å². The van der Waals surface area contributed by atoms with Crippen molar-refractivity contribution in [2.75, 3.05) is 6.61 Å². The number of aliphatic hydroxyl groups excluding tert-OH is 2. The van der Waals surface area contributed by atoms with Crippen molar-refractivity contribution in [3.05, 3.63) is 59.2 Å². The summed E-state index contributed by atoms with van der Waals surface area (Å²) in [6, 6.07) is 5.16. The van der Waals surface area contributed by atoms with Gasteiger partial charge in [-0.3, -0.25) is 4.98 Å². The predicted octanol–water partition coefficient (Wildman–Crippen LogP) is 3.62. The van der Waals surface area contributed by atoms with Crippen LogP contribution in [-0.4, -0.2) is 45.9 Å². The average Bonchev–Trinajstić information content (AvgIpc) is 2.85. The molecule has 0 spiro atoms. The molecule has 8 nitrogen and oxygen atoms in total. The Morgan fingerprint density at radius 3 is 2.75 bits per heavy atom. The minimum atomic E-state index is -1.16. The van der Waals surface area contributed by atoms with Crippen molar-refractivity contribution in [2.45, 2.75) is 70.2 Å². The molecule has 0 amide bonds. The van der Waals surface area contributed by atoms with Gasteiger partial charge in [-0.1, -0.05) is 20.4 Å². The van der Waals surface area contributed by atoms with Crippen LogP contribution < -0.4 is 10.4 Å². The Morgan fingerprint density at radius 2 is 2.03 bits per heavy atom.